The van der Waals surface area contributed by atoms with E-state index >= 15 is 0 Å². The van der Waals surface area contributed by atoms with Crippen LogP contribution in [0.4, 0.5) is 11.4 Å². The van der Waals surface area contributed by atoms with Crippen LogP contribution in [0.1, 0.15) is 10.4 Å². The lowest BCUT2D eigenvalue weighted by molar-refractivity contribution is -0.385. The molecule has 0 fully saturated rings. The molecule has 164 valence electrons. The lowest BCUT2D eigenvalue weighted by Crippen LogP contribution is -2.16. The summed E-state index contributed by atoms with van der Waals surface area (Å²) in [6.07, 6.45) is 0. The smallest absolute Gasteiger partial charge is 0.339 e. The fraction of sp³-hybridized carbons (Fsp3) is 0.0952. The molecule has 0 saturated carbocycles. The summed E-state index contributed by atoms with van der Waals surface area (Å²) in [4.78, 5) is 22.3. The Morgan fingerprint density at radius 2 is 1.69 bits per heavy atom. The first kappa shape index (κ1) is 21.1. The predicted molar refractivity (Wildman–Crippen MR) is 113 cm³/mol. The number of rotatable bonds is 6. The van der Waals surface area contributed by atoms with Crippen LogP contribution in [0.25, 0.3) is 0 Å². The molecule has 0 bridgehead atoms. The average Bonchev–Trinajstić information content (AvgIpc) is 2.79. The molecule has 1 heterocycles. The van der Waals surface area contributed by atoms with Gasteiger partial charge in [-0.15, -0.1) is 0 Å². The molecule has 3 aromatic rings. The maximum absolute atomic E-state index is 12.5. The molecule has 1 aliphatic rings. The van der Waals surface area contributed by atoms with E-state index in [0.29, 0.717) is 30.4 Å². The molecule has 0 aliphatic carbocycles. The van der Waals surface area contributed by atoms with E-state index < -0.39 is 20.9 Å². The molecule has 0 spiro atoms. The molecule has 10 nitrogen and oxygen atoms in total. The Balaban J connectivity index is 1.45. The number of nitrogens with one attached hydrogen (secondary N) is 1. The van der Waals surface area contributed by atoms with Gasteiger partial charge in [0.15, 0.2) is 11.5 Å². The Morgan fingerprint density at radius 1 is 0.969 bits per heavy atom. The van der Waals surface area contributed by atoms with Crippen LogP contribution in [-0.4, -0.2) is 32.5 Å². The molecule has 1 N–H and O–H groups in total. The quantitative estimate of drug-likeness (QED) is 0.339. The van der Waals surface area contributed by atoms with E-state index in [0.717, 1.165) is 6.07 Å². The summed E-state index contributed by atoms with van der Waals surface area (Å²) in [6, 6.07) is 15.0. The van der Waals surface area contributed by atoms with Gasteiger partial charge in [0.1, 0.15) is 23.9 Å². The van der Waals surface area contributed by atoms with Gasteiger partial charge in [0.25, 0.3) is 11.6 Å². The minimum absolute atomic E-state index is 0.0487. The molecule has 0 radical (unpaired) electrons. The van der Waals surface area contributed by atoms with Crippen molar-refractivity contribution in [2.75, 3.05) is 18.5 Å². The Hall–Kier alpha value is -4.12. The van der Waals surface area contributed by atoms with Gasteiger partial charge in [0.2, 0.25) is 0 Å². The van der Waals surface area contributed by atoms with Crippen molar-refractivity contribution < 1.29 is 31.8 Å². The van der Waals surface area contributed by atoms with Gasteiger partial charge in [-0.3, -0.25) is 14.9 Å². The minimum atomic E-state index is -4.29. The molecule has 0 atom stereocenters. The zero-order chi connectivity index (χ0) is 22.7. The zero-order valence-corrected chi connectivity index (χ0v) is 17.2. The largest absolute Gasteiger partial charge is 0.486 e. The first-order valence-electron chi connectivity index (χ1n) is 9.32. The maximum atomic E-state index is 12.5. The number of amides is 1. The van der Waals surface area contributed by atoms with Crippen molar-refractivity contribution in [3.8, 4) is 17.2 Å². The van der Waals surface area contributed by atoms with E-state index in [4.69, 9.17) is 13.7 Å². The molecule has 0 saturated heterocycles. The molecule has 4 rings (SSSR count). The fourth-order valence-corrected chi connectivity index (χ4v) is 3.88. The Morgan fingerprint density at radius 3 is 2.41 bits per heavy atom. The van der Waals surface area contributed by atoms with Crippen LogP contribution in [0.15, 0.2) is 71.6 Å². The van der Waals surface area contributed by atoms with Crippen molar-refractivity contribution in [2.24, 2.45) is 0 Å². The lowest BCUT2D eigenvalue weighted by Gasteiger charge is -2.19. The second-order valence-electron chi connectivity index (χ2n) is 6.63. The molecule has 3 aromatic carbocycles. The van der Waals surface area contributed by atoms with E-state index in [1.807, 2.05) is 0 Å². The summed E-state index contributed by atoms with van der Waals surface area (Å²) in [5, 5.41) is 13.6. The van der Waals surface area contributed by atoms with Crippen LogP contribution in [0, 0.1) is 10.1 Å². The standard InChI is InChI=1S/C21H16N2O8S/c24-21(22-15-6-9-19-20(12-15)30-11-10-29-19)14-4-7-17(8-5-14)31-32(27,28)18-3-1-2-16(13-18)23(25)26/h1-9,12-13H,10-11H2,(H,22,24). The topological polar surface area (TPSA) is 134 Å². The number of nitrogens with zero attached hydrogens (tertiary/aromatic N) is 1. The highest BCUT2D eigenvalue weighted by molar-refractivity contribution is 7.87. The van der Waals surface area contributed by atoms with E-state index in [1.165, 1.54) is 42.5 Å². The van der Waals surface area contributed by atoms with Gasteiger partial charge in [-0.1, -0.05) is 6.07 Å². The summed E-state index contributed by atoms with van der Waals surface area (Å²) in [7, 11) is -4.29. The summed E-state index contributed by atoms with van der Waals surface area (Å²) >= 11 is 0. The third-order valence-corrected chi connectivity index (χ3v) is 5.68. The van der Waals surface area contributed by atoms with E-state index in [1.54, 1.807) is 18.2 Å². The van der Waals surface area contributed by atoms with Gasteiger partial charge in [0, 0.05) is 29.4 Å². The van der Waals surface area contributed by atoms with E-state index in [9.17, 15) is 23.3 Å². The summed E-state index contributed by atoms with van der Waals surface area (Å²) in [5.74, 6) is 0.659. The zero-order valence-electron chi connectivity index (χ0n) is 16.4. The number of anilines is 1. The molecular formula is C21H16N2O8S. The van der Waals surface area contributed by atoms with Crippen LogP contribution < -0.4 is 19.0 Å². The number of ether oxygens (including phenoxy) is 2. The van der Waals surface area contributed by atoms with Crippen molar-refractivity contribution in [3.05, 3.63) is 82.4 Å². The Kier molecular flexibility index (Phi) is 5.65. The van der Waals surface area contributed by atoms with Crippen molar-refractivity contribution in [1.82, 2.24) is 0 Å². The highest BCUT2D eigenvalue weighted by Crippen LogP contribution is 2.32. The number of fused-ring (bicyclic) bond motifs is 1. The van der Waals surface area contributed by atoms with Gasteiger partial charge in [0.05, 0.1) is 4.92 Å². The van der Waals surface area contributed by atoms with Gasteiger partial charge in [-0.05, 0) is 42.5 Å². The van der Waals surface area contributed by atoms with Gasteiger partial charge >= 0.3 is 10.1 Å². The summed E-state index contributed by atoms with van der Waals surface area (Å²) in [6.45, 7) is 0.884. The minimum Gasteiger partial charge on any atom is -0.486 e. The number of carbonyl (C=O) groups is 1. The number of nitro benzene ring substituents is 1. The number of carbonyl (C=O) groups excluding carboxylic acids is 1. The van der Waals surface area contributed by atoms with Gasteiger partial charge in [-0.25, -0.2) is 0 Å². The first-order chi connectivity index (χ1) is 15.3. The van der Waals surface area contributed by atoms with Crippen LogP contribution in [0.2, 0.25) is 0 Å². The lowest BCUT2D eigenvalue weighted by atomic mass is 10.2. The molecular weight excluding hydrogens is 440 g/mol. The summed E-state index contributed by atoms with van der Waals surface area (Å²) in [5.41, 5.74) is 0.397. The number of nitro groups is 1. The molecule has 1 aliphatic heterocycles. The third kappa shape index (κ3) is 4.62. The normalized spacial score (nSPS) is 12.6. The van der Waals surface area contributed by atoms with Crippen molar-refractivity contribution in [2.45, 2.75) is 4.90 Å². The molecule has 0 unspecified atom stereocenters. The maximum Gasteiger partial charge on any atom is 0.339 e. The Labute approximate surface area is 182 Å². The van der Waals surface area contributed by atoms with Gasteiger partial charge in [-0.2, -0.15) is 8.42 Å². The second kappa shape index (κ2) is 8.55. The monoisotopic (exact) mass is 456 g/mol. The summed E-state index contributed by atoms with van der Waals surface area (Å²) < 4.78 is 40.8. The predicted octanol–water partition coefficient (Wildman–Crippen LogP) is 3.39. The number of hydrogen-bond acceptors (Lipinski definition) is 8. The highest BCUT2D eigenvalue weighted by Gasteiger charge is 2.20. The average molecular weight is 456 g/mol. The first-order valence-corrected chi connectivity index (χ1v) is 10.7. The van der Waals surface area contributed by atoms with Crippen LogP contribution in [0.5, 0.6) is 17.2 Å². The molecule has 0 aromatic heterocycles. The van der Waals surface area contributed by atoms with Gasteiger partial charge < -0.3 is 19.0 Å². The van der Waals surface area contributed by atoms with E-state index in [-0.39, 0.29) is 21.9 Å². The van der Waals surface area contributed by atoms with Crippen molar-refractivity contribution >= 4 is 27.4 Å². The SMILES string of the molecule is O=C(Nc1ccc2c(c1)OCCO2)c1ccc(OS(=O)(=O)c2cccc([N+](=O)[O-])c2)cc1. The van der Waals surface area contributed by atoms with E-state index in [2.05, 4.69) is 5.32 Å². The molecule has 1 amide bonds. The van der Waals surface area contributed by atoms with Crippen LogP contribution in [-0.2, 0) is 10.1 Å². The Bertz CT molecular complexity index is 1290. The van der Waals surface area contributed by atoms with Crippen LogP contribution >= 0.6 is 0 Å². The number of benzene rings is 3. The van der Waals surface area contributed by atoms with Crippen molar-refractivity contribution in [1.29, 1.82) is 0 Å². The molecule has 11 heteroatoms. The number of hydrogen-bond donors (Lipinski definition) is 1. The highest BCUT2D eigenvalue weighted by atomic mass is 32.2. The third-order valence-electron chi connectivity index (χ3n) is 4.44. The fourth-order valence-electron chi connectivity index (χ4n) is 2.91. The molecule has 32 heavy (non-hydrogen) atoms. The second-order valence-corrected chi connectivity index (χ2v) is 8.18. The number of non-ortho nitro benzene ring substituents is 1. The van der Waals surface area contributed by atoms with Crippen molar-refractivity contribution in [3.63, 3.8) is 0 Å². The van der Waals surface area contributed by atoms with Crippen LogP contribution in [0.3, 0.4) is 0 Å².